The average Bonchev–Trinajstić information content (AvgIpc) is 1.93. The molecular formula is C8H15KO3. The minimum atomic E-state index is -0.716. The zero-order valence-corrected chi connectivity index (χ0v) is 6.49. The van der Waals surface area contributed by atoms with E-state index in [0.29, 0.717) is 5.92 Å². The van der Waals surface area contributed by atoms with Gasteiger partial charge in [-0.25, -0.2) is 0 Å². The number of carbonyl (C=O) groups is 1. The molecule has 66 valence electrons. The molecule has 2 N–H and O–H groups in total. The number of carboxylic acids is 1. The van der Waals surface area contributed by atoms with Crippen molar-refractivity contribution in [3.8, 4) is 0 Å². The van der Waals surface area contributed by atoms with Gasteiger partial charge in [-0.3, -0.25) is 4.79 Å². The predicted octanol–water partition coefficient (Wildman–Crippen LogP) is 0.364. The molecule has 0 atom stereocenters. The first-order valence-electron chi connectivity index (χ1n) is 4.08. The maximum atomic E-state index is 10.3. The Kier molecular flexibility index (Phi) is 7.09. The van der Waals surface area contributed by atoms with Gasteiger partial charge >= 0.3 is 57.4 Å². The van der Waals surface area contributed by atoms with Crippen LogP contribution in [0.3, 0.4) is 0 Å². The molecule has 0 aliphatic heterocycles. The fraction of sp³-hybridized carbons (Fsp3) is 0.875. The Bertz CT molecular complexity index is 141. The second kappa shape index (κ2) is 6.51. The summed E-state index contributed by atoms with van der Waals surface area (Å²) in [6.45, 7) is 0. The zero-order valence-electron chi connectivity index (χ0n) is 6.49. The van der Waals surface area contributed by atoms with Crippen LogP contribution in [0, 0.1) is 5.92 Å². The molecule has 12 heavy (non-hydrogen) atoms. The van der Waals surface area contributed by atoms with Gasteiger partial charge in [-0.1, -0.05) is 0 Å². The van der Waals surface area contributed by atoms with Crippen LogP contribution >= 0.6 is 0 Å². The quantitative estimate of drug-likeness (QED) is 0.630. The Balaban J connectivity index is 0.00000121. The number of rotatable bonds is 2. The van der Waals surface area contributed by atoms with Gasteiger partial charge in [-0.05, 0) is 31.6 Å². The number of carboxylic acid groups (broad SMARTS) is 1. The Labute approximate surface area is 115 Å². The molecule has 1 aliphatic carbocycles. The van der Waals surface area contributed by atoms with E-state index in [2.05, 4.69) is 0 Å². The molecule has 3 nitrogen and oxygen atoms in total. The van der Waals surface area contributed by atoms with Crippen molar-refractivity contribution in [1.29, 1.82) is 0 Å². The summed E-state index contributed by atoms with van der Waals surface area (Å²) in [4.78, 5) is 10.3. The van der Waals surface area contributed by atoms with Crippen LogP contribution in [0.2, 0.25) is 0 Å². The molecule has 1 fully saturated rings. The van der Waals surface area contributed by atoms with Gasteiger partial charge in [0.15, 0.2) is 0 Å². The number of aliphatic hydroxyl groups is 1. The molecule has 0 saturated heterocycles. The van der Waals surface area contributed by atoms with Gasteiger partial charge in [0.05, 0.1) is 6.10 Å². The van der Waals surface area contributed by atoms with E-state index in [9.17, 15) is 4.79 Å². The number of aliphatic hydroxyl groups excluding tert-OH is 1. The van der Waals surface area contributed by atoms with Crippen LogP contribution < -0.4 is 0 Å². The van der Waals surface area contributed by atoms with Crippen LogP contribution in [0.4, 0.5) is 0 Å². The Hall–Kier alpha value is 1.07. The molecule has 1 saturated carbocycles. The molecule has 0 aromatic heterocycles. The topological polar surface area (TPSA) is 57.5 Å². The van der Waals surface area contributed by atoms with Crippen molar-refractivity contribution in [3.63, 3.8) is 0 Å². The molecular weight excluding hydrogens is 183 g/mol. The van der Waals surface area contributed by atoms with Gasteiger partial charge in [0.1, 0.15) is 0 Å². The van der Waals surface area contributed by atoms with E-state index in [1.54, 1.807) is 0 Å². The summed E-state index contributed by atoms with van der Waals surface area (Å²) in [5.41, 5.74) is 0. The molecule has 0 unspecified atom stereocenters. The van der Waals surface area contributed by atoms with Crippen molar-refractivity contribution in [3.05, 3.63) is 0 Å². The third-order valence-electron chi connectivity index (χ3n) is 2.28. The van der Waals surface area contributed by atoms with Crippen molar-refractivity contribution >= 4 is 57.4 Å². The third kappa shape index (κ3) is 4.94. The van der Waals surface area contributed by atoms with E-state index in [0.717, 1.165) is 25.7 Å². The van der Waals surface area contributed by atoms with Crippen molar-refractivity contribution < 1.29 is 15.0 Å². The SMILES string of the molecule is O=C(O)CC1CCC(O)CC1.[KH]. The molecule has 0 bridgehead atoms. The fourth-order valence-corrected chi connectivity index (χ4v) is 1.60. The second-order valence-electron chi connectivity index (χ2n) is 3.27. The van der Waals surface area contributed by atoms with E-state index < -0.39 is 5.97 Å². The van der Waals surface area contributed by atoms with Crippen LogP contribution in [-0.2, 0) is 4.79 Å². The molecule has 0 aromatic carbocycles. The Morgan fingerprint density at radius 3 is 2.17 bits per heavy atom. The van der Waals surface area contributed by atoms with Gasteiger partial charge in [-0.2, -0.15) is 0 Å². The summed E-state index contributed by atoms with van der Waals surface area (Å²) in [5, 5.41) is 17.6. The number of hydrogen-bond acceptors (Lipinski definition) is 2. The normalized spacial score (nSPS) is 29.1. The van der Waals surface area contributed by atoms with Gasteiger partial charge in [-0.15, -0.1) is 0 Å². The molecule has 0 radical (unpaired) electrons. The first-order chi connectivity index (χ1) is 5.18. The van der Waals surface area contributed by atoms with Gasteiger partial charge in [0.2, 0.25) is 0 Å². The number of aliphatic carboxylic acids is 1. The van der Waals surface area contributed by atoms with Crippen LogP contribution in [-0.4, -0.2) is 73.7 Å². The molecule has 0 amide bonds. The summed E-state index contributed by atoms with van der Waals surface area (Å²) < 4.78 is 0. The van der Waals surface area contributed by atoms with Crippen LogP contribution in [0.5, 0.6) is 0 Å². The van der Waals surface area contributed by atoms with Crippen molar-refractivity contribution in [2.75, 3.05) is 0 Å². The maximum absolute atomic E-state index is 10.3. The molecule has 1 rings (SSSR count). The molecule has 0 spiro atoms. The minimum absolute atomic E-state index is 0. The van der Waals surface area contributed by atoms with Crippen LogP contribution in [0.25, 0.3) is 0 Å². The van der Waals surface area contributed by atoms with Gasteiger partial charge in [0, 0.05) is 6.42 Å². The summed E-state index contributed by atoms with van der Waals surface area (Å²) in [6, 6.07) is 0. The zero-order chi connectivity index (χ0) is 8.27. The van der Waals surface area contributed by atoms with Crippen molar-refractivity contribution in [1.82, 2.24) is 0 Å². The average molecular weight is 198 g/mol. The summed E-state index contributed by atoms with van der Waals surface area (Å²) >= 11 is 0. The molecule has 4 heteroatoms. The monoisotopic (exact) mass is 198 g/mol. The van der Waals surface area contributed by atoms with Crippen LogP contribution in [0.1, 0.15) is 32.1 Å². The third-order valence-corrected chi connectivity index (χ3v) is 2.28. The molecule has 1 aliphatic rings. The van der Waals surface area contributed by atoms with Crippen molar-refractivity contribution in [2.24, 2.45) is 5.92 Å². The Morgan fingerprint density at radius 1 is 1.25 bits per heavy atom. The second-order valence-corrected chi connectivity index (χ2v) is 3.27. The standard InChI is InChI=1S/C8H14O3.K.H/c9-7-3-1-6(2-4-7)5-8(10)11;;/h6-7,9H,1-5H2,(H,10,11);;. The van der Waals surface area contributed by atoms with E-state index in [1.807, 2.05) is 0 Å². The van der Waals surface area contributed by atoms with E-state index in [-0.39, 0.29) is 63.9 Å². The van der Waals surface area contributed by atoms with E-state index in [1.165, 1.54) is 0 Å². The molecule has 0 aromatic rings. The first-order valence-corrected chi connectivity index (χ1v) is 4.08. The Morgan fingerprint density at radius 2 is 1.75 bits per heavy atom. The fourth-order valence-electron chi connectivity index (χ4n) is 1.60. The van der Waals surface area contributed by atoms with Gasteiger partial charge < -0.3 is 10.2 Å². The molecule has 0 heterocycles. The predicted molar refractivity (Wildman–Crippen MR) is 47.4 cm³/mol. The summed E-state index contributed by atoms with van der Waals surface area (Å²) in [5.74, 6) is -0.415. The first kappa shape index (κ1) is 13.1. The van der Waals surface area contributed by atoms with Crippen LogP contribution in [0.15, 0.2) is 0 Å². The van der Waals surface area contributed by atoms with Gasteiger partial charge in [0.25, 0.3) is 0 Å². The van der Waals surface area contributed by atoms with E-state index in [4.69, 9.17) is 10.2 Å². The summed E-state index contributed by atoms with van der Waals surface area (Å²) in [6.07, 6.45) is 3.38. The summed E-state index contributed by atoms with van der Waals surface area (Å²) in [7, 11) is 0. The number of hydrogen-bond donors (Lipinski definition) is 2. The van der Waals surface area contributed by atoms with Crippen molar-refractivity contribution in [2.45, 2.75) is 38.2 Å². The van der Waals surface area contributed by atoms with E-state index >= 15 is 0 Å².